The van der Waals surface area contributed by atoms with Crippen LogP contribution in [0.25, 0.3) is 21.9 Å². The highest BCUT2D eigenvalue weighted by molar-refractivity contribution is 5.83. The van der Waals surface area contributed by atoms with Crippen molar-refractivity contribution in [2.75, 3.05) is 6.61 Å². The highest BCUT2D eigenvalue weighted by atomic mass is 16.6. The van der Waals surface area contributed by atoms with Crippen molar-refractivity contribution in [2.45, 2.75) is 6.54 Å². The van der Waals surface area contributed by atoms with E-state index in [1.54, 1.807) is 0 Å². The first-order valence-corrected chi connectivity index (χ1v) is 8.01. The first-order chi connectivity index (χ1) is 12.6. The summed E-state index contributed by atoms with van der Waals surface area (Å²) in [5.41, 5.74) is 0.597. The summed E-state index contributed by atoms with van der Waals surface area (Å²) in [6.07, 6.45) is 0. The number of nitrogens with zero attached hydrogens (tertiary/aromatic N) is 2. The second-order valence-electron chi connectivity index (χ2n) is 5.79. The standard InChI is InChI=1S/C19H14N2O5/c22-19-20(17-12-15(21(23)24)6-8-18(17)26-19)9-10-25-16-7-5-13-3-1-2-4-14(13)11-16/h1-8,11-12H,9-10H2. The van der Waals surface area contributed by atoms with E-state index in [2.05, 4.69) is 0 Å². The molecule has 0 atom stereocenters. The predicted octanol–water partition coefficient (Wildman–Crippen LogP) is 3.73. The van der Waals surface area contributed by atoms with Gasteiger partial charge in [-0.2, -0.15) is 0 Å². The molecule has 0 spiro atoms. The van der Waals surface area contributed by atoms with Gasteiger partial charge >= 0.3 is 5.76 Å². The third-order valence-electron chi connectivity index (χ3n) is 4.17. The monoisotopic (exact) mass is 350 g/mol. The van der Waals surface area contributed by atoms with Crippen LogP contribution in [0.2, 0.25) is 0 Å². The summed E-state index contributed by atoms with van der Waals surface area (Å²) in [5.74, 6) is 0.123. The van der Waals surface area contributed by atoms with Gasteiger partial charge in [0.1, 0.15) is 12.4 Å². The van der Waals surface area contributed by atoms with Crippen molar-refractivity contribution in [2.24, 2.45) is 0 Å². The van der Waals surface area contributed by atoms with E-state index >= 15 is 0 Å². The molecular weight excluding hydrogens is 336 g/mol. The fraction of sp³-hybridized carbons (Fsp3) is 0.105. The first kappa shape index (κ1) is 15.9. The molecule has 0 aliphatic rings. The van der Waals surface area contributed by atoms with E-state index in [1.165, 1.54) is 22.8 Å². The van der Waals surface area contributed by atoms with E-state index in [1.807, 2.05) is 42.5 Å². The molecule has 7 heteroatoms. The SMILES string of the molecule is O=c1oc2ccc([N+](=O)[O-])cc2n1CCOc1ccc2ccccc2c1. The zero-order chi connectivity index (χ0) is 18.1. The summed E-state index contributed by atoms with van der Waals surface area (Å²) in [6.45, 7) is 0.454. The molecule has 4 aromatic rings. The van der Waals surface area contributed by atoms with Crippen LogP contribution >= 0.6 is 0 Å². The predicted molar refractivity (Wildman–Crippen MR) is 96.6 cm³/mol. The number of non-ortho nitro benzene ring substituents is 1. The lowest BCUT2D eigenvalue weighted by Gasteiger charge is -2.08. The molecule has 4 rings (SSSR count). The summed E-state index contributed by atoms with van der Waals surface area (Å²) in [6, 6.07) is 17.8. The summed E-state index contributed by atoms with van der Waals surface area (Å²) in [4.78, 5) is 22.4. The molecule has 1 heterocycles. The van der Waals surface area contributed by atoms with Gasteiger partial charge in [0, 0.05) is 12.1 Å². The average molecular weight is 350 g/mol. The van der Waals surface area contributed by atoms with Crippen molar-refractivity contribution in [3.8, 4) is 5.75 Å². The van der Waals surface area contributed by atoms with E-state index in [0.29, 0.717) is 16.8 Å². The average Bonchev–Trinajstić information content (AvgIpc) is 2.96. The van der Waals surface area contributed by atoms with E-state index in [-0.39, 0.29) is 18.8 Å². The molecule has 7 nitrogen and oxygen atoms in total. The number of benzene rings is 3. The number of aromatic nitrogens is 1. The Hall–Kier alpha value is -3.61. The largest absolute Gasteiger partial charge is 0.492 e. The molecule has 3 aromatic carbocycles. The molecule has 0 unspecified atom stereocenters. The lowest BCUT2D eigenvalue weighted by atomic mass is 10.1. The minimum absolute atomic E-state index is 0.0949. The molecule has 130 valence electrons. The highest BCUT2D eigenvalue weighted by Crippen LogP contribution is 2.22. The first-order valence-electron chi connectivity index (χ1n) is 8.01. The summed E-state index contributed by atoms with van der Waals surface area (Å²) in [5, 5.41) is 13.1. The van der Waals surface area contributed by atoms with E-state index in [0.717, 1.165) is 10.8 Å². The number of nitro groups is 1. The molecular formula is C19H14N2O5. The Labute approximate surface area is 147 Å². The second-order valence-corrected chi connectivity index (χ2v) is 5.79. The van der Waals surface area contributed by atoms with Crippen LogP contribution in [0.4, 0.5) is 5.69 Å². The molecule has 0 aliphatic carbocycles. The lowest BCUT2D eigenvalue weighted by Crippen LogP contribution is -2.18. The zero-order valence-corrected chi connectivity index (χ0v) is 13.6. The number of fused-ring (bicyclic) bond motifs is 2. The van der Waals surface area contributed by atoms with Crippen LogP contribution in [-0.4, -0.2) is 16.1 Å². The molecule has 1 aromatic heterocycles. The van der Waals surface area contributed by atoms with E-state index in [4.69, 9.17) is 9.15 Å². The van der Waals surface area contributed by atoms with Gasteiger partial charge in [-0.3, -0.25) is 14.7 Å². The van der Waals surface area contributed by atoms with Crippen molar-refractivity contribution in [3.63, 3.8) is 0 Å². The van der Waals surface area contributed by atoms with Gasteiger partial charge in [0.2, 0.25) is 0 Å². The summed E-state index contributed by atoms with van der Waals surface area (Å²) < 4.78 is 12.2. The number of oxazole rings is 1. The topological polar surface area (TPSA) is 87.5 Å². The fourth-order valence-corrected chi connectivity index (χ4v) is 2.89. The van der Waals surface area contributed by atoms with Gasteiger partial charge in [-0.1, -0.05) is 30.3 Å². The molecule has 0 N–H and O–H groups in total. The summed E-state index contributed by atoms with van der Waals surface area (Å²) in [7, 11) is 0. The quantitative estimate of drug-likeness (QED) is 0.404. The number of ether oxygens (including phenoxy) is 1. The minimum Gasteiger partial charge on any atom is -0.492 e. The molecule has 0 amide bonds. The van der Waals surface area contributed by atoms with E-state index in [9.17, 15) is 14.9 Å². The molecule has 0 saturated carbocycles. The Kier molecular flexibility index (Phi) is 3.89. The van der Waals surface area contributed by atoms with Crippen LogP contribution in [0.5, 0.6) is 5.75 Å². The van der Waals surface area contributed by atoms with Gasteiger partial charge in [0.15, 0.2) is 5.58 Å². The lowest BCUT2D eigenvalue weighted by molar-refractivity contribution is -0.384. The third kappa shape index (κ3) is 2.90. The maximum atomic E-state index is 12.0. The van der Waals surface area contributed by atoms with Crippen molar-refractivity contribution >= 4 is 27.6 Å². The molecule has 0 fully saturated rings. The van der Waals surface area contributed by atoms with Gasteiger partial charge in [0.25, 0.3) is 5.69 Å². The number of nitro benzene ring substituents is 1. The highest BCUT2D eigenvalue weighted by Gasteiger charge is 2.14. The van der Waals surface area contributed by atoms with Crippen LogP contribution in [0, 0.1) is 10.1 Å². The van der Waals surface area contributed by atoms with Gasteiger partial charge in [-0.05, 0) is 29.0 Å². The van der Waals surface area contributed by atoms with Gasteiger partial charge < -0.3 is 9.15 Å². The van der Waals surface area contributed by atoms with Gasteiger partial charge in [0.05, 0.1) is 17.0 Å². The van der Waals surface area contributed by atoms with Crippen LogP contribution in [0.3, 0.4) is 0 Å². The molecule has 0 saturated heterocycles. The number of hydrogen-bond donors (Lipinski definition) is 0. The van der Waals surface area contributed by atoms with Crippen molar-refractivity contribution < 1.29 is 14.1 Å². The van der Waals surface area contributed by atoms with Crippen molar-refractivity contribution in [3.05, 3.63) is 81.3 Å². The van der Waals surface area contributed by atoms with Gasteiger partial charge in [-0.15, -0.1) is 0 Å². The fourth-order valence-electron chi connectivity index (χ4n) is 2.89. The Balaban J connectivity index is 1.55. The van der Waals surface area contributed by atoms with Crippen LogP contribution in [0.15, 0.2) is 69.9 Å². The number of hydrogen-bond acceptors (Lipinski definition) is 5. The van der Waals surface area contributed by atoms with Crippen molar-refractivity contribution in [1.82, 2.24) is 4.57 Å². The maximum absolute atomic E-state index is 12.0. The zero-order valence-electron chi connectivity index (χ0n) is 13.6. The molecule has 0 bridgehead atoms. The van der Waals surface area contributed by atoms with Crippen LogP contribution < -0.4 is 10.5 Å². The van der Waals surface area contributed by atoms with Gasteiger partial charge in [-0.25, -0.2) is 4.79 Å². The van der Waals surface area contributed by atoms with Crippen LogP contribution in [-0.2, 0) is 6.54 Å². The Morgan fingerprint density at radius 3 is 2.65 bits per heavy atom. The Bertz CT molecular complexity index is 1180. The number of rotatable bonds is 5. The molecule has 26 heavy (non-hydrogen) atoms. The minimum atomic E-state index is -0.567. The normalized spacial score (nSPS) is 11.1. The van der Waals surface area contributed by atoms with E-state index < -0.39 is 10.7 Å². The van der Waals surface area contributed by atoms with Crippen molar-refractivity contribution in [1.29, 1.82) is 0 Å². The summed E-state index contributed by atoms with van der Waals surface area (Å²) >= 11 is 0. The smallest absolute Gasteiger partial charge is 0.420 e. The molecule has 0 radical (unpaired) electrons. The Morgan fingerprint density at radius 1 is 1.04 bits per heavy atom. The third-order valence-corrected chi connectivity index (χ3v) is 4.17. The maximum Gasteiger partial charge on any atom is 0.420 e. The molecule has 0 aliphatic heterocycles. The second kappa shape index (κ2) is 6.36. The van der Waals surface area contributed by atoms with Crippen LogP contribution in [0.1, 0.15) is 0 Å². The Morgan fingerprint density at radius 2 is 1.85 bits per heavy atom.